The maximum Gasteiger partial charge on any atom is 0.303 e. The number of amides is 1. The second-order valence-electron chi connectivity index (χ2n) is 4.88. The third kappa shape index (κ3) is 3.13. The highest BCUT2D eigenvalue weighted by Gasteiger charge is 2.24. The monoisotopic (exact) mass is 261 g/mol. The molecule has 1 amide bonds. The smallest absolute Gasteiger partial charge is 0.303 e. The minimum absolute atomic E-state index is 0.0435. The maximum absolute atomic E-state index is 12.3. The van der Waals surface area contributed by atoms with Crippen LogP contribution in [0.25, 0.3) is 0 Å². The summed E-state index contributed by atoms with van der Waals surface area (Å²) >= 11 is 0. The van der Waals surface area contributed by atoms with Gasteiger partial charge in [-0.15, -0.1) is 0 Å². The van der Waals surface area contributed by atoms with Crippen molar-refractivity contribution in [2.75, 3.05) is 13.1 Å². The number of carboxylic acids is 1. The molecule has 0 saturated carbocycles. The standard InChI is InChI=1S/C15H19NO3/c1-2-11-5-6-12-7-9-16(8-3-4-14(17)18)15(19)13(12)10-11/h5-6,10H,2-4,7-9H2,1H3,(H,17,18). The van der Waals surface area contributed by atoms with Gasteiger partial charge in [0, 0.05) is 25.1 Å². The van der Waals surface area contributed by atoms with E-state index in [1.54, 1.807) is 4.90 Å². The summed E-state index contributed by atoms with van der Waals surface area (Å²) < 4.78 is 0. The van der Waals surface area contributed by atoms with E-state index in [1.165, 1.54) is 5.56 Å². The highest BCUT2D eigenvalue weighted by atomic mass is 16.4. The summed E-state index contributed by atoms with van der Waals surface area (Å²) in [6, 6.07) is 6.09. The predicted molar refractivity (Wildman–Crippen MR) is 72.3 cm³/mol. The third-order valence-electron chi connectivity index (χ3n) is 3.57. The maximum atomic E-state index is 12.3. The Labute approximate surface area is 113 Å². The topological polar surface area (TPSA) is 57.6 Å². The van der Waals surface area contributed by atoms with Gasteiger partial charge in [-0.3, -0.25) is 9.59 Å². The lowest BCUT2D eigenvalue weighted by molar-refractivity contribution is -0.137. The van der Waals surface area contributed by atoms with E-state index in [0.717, 1.165) is 24.0 Å². The summed E-state index contributed by atoms with van der Waals surface area (Å²) in [7, 11) is 0. The van der Waals surface area contributed by atoms with Gasteiger partial charge in [0.15, 0.2) is 0 Å². The van der Waals surface area contributed by atoms with E-state index in [0.29, 0.717) is 19.5 Å². The van der Waals surface area contributed by atoms with Gasteiger partial charge < -0.3 is 10.0 Å². The summed E-state index contributed by atoms with van der Waals surface area (Å²) in [6.45, 7) is 3.29. The van der Waals surface area contributed by atoms with Crippen molar-refractivity contribution < 1.29 is 14.7 Å². The molecule has 0 spiro atoms. The fourth-order valence-electron chi connectivity index (χ4n) is 2.42. The van der Waals surface area contributed by atoms with Gasteiger partial charge in [-0.25, -0.2) is 0 Å². The van der Waals surface area contributed by atoms with Crippen LogP contribution in [0.4, 0.5) is 0 Å². The normalized spacial score (nSPS) is 14.4. The Morgan fingerprint density at radius 2 is 2.21 bits per heavy atom. The van der Waals surface area contributed by atoms with Crippen LogP contribution in [-0.4, -0.2) is 35.0 Å². The number of fused-ring (bicyclic) bond motifs is 1. The Hall–Kier alpha value is -1.84. The number of nitrogens with zero attached hydrogens (tertiary/aromatic N) is 1. The quantitative estimate of drug-likeness (QED) is 0.883. The first-order chi connectivity index (χ1) is 9.11. The first-order valence-corrected chi connectivity index (χ1v) is 6.74. The van der Waals surface area contributed by atoms with Gasteiger partial charge in [-0.2, -0.15) is 0 Å². The highest BCUT2D eigenvalue weighted by molar-refractivity contribution is 5.97. The van der Waals surface area contributed by atoms with Crippen LogP contribution < -0.4 is 0 Å². The second kappa shape index (κ2) is 5.87. The predicted octanol–water partition coefficient (Wildman–Crippen LogP) is 2.11. The molecule has 0 atom stereocenters. The highest BCUT2D eigenvalue weighted by Crippen LogP contribution is 2.21. The fraction of sp³-hybridized carbons (Fsp3) is 0.467. The van der Waals surface area contributed by atoms with Crippen molar-refractivity contribution in [3.05, 3.63) is 34.9 Å². The second-order valence-corrected chi connectivity index (χ2v) is 4.88. The van der Waals surface area contributed by atoms with Crippen LogP contribution in [-0.2, 0) is 17.6 Å². The van der Waals surface area contributed by atoms with Crippen molar-refractivity contribution in [3.63, 3.8) is 0 Å². The van der Waals surface area contributed by atoms with Gasteiger partial charge >= 0.3 is 5.97 Å². The van der Waals surface area contributed by atoms with Gasteiger partial charge in [-0.1, -0.05) is 19.1 Å². The van der Waals surface area contributed by atoms with E-state index in [-0.39, 0.29) is 12.3 Å². The number of benzene rings is 1. The summed E-state index contributed by atoms with van der Waals surface area (Å²) in [5.74, 6) is -0.764. The molecule has 1 aliphatic heterocycles. The van der Waals surface area contributed by atoms with Crippen LogP contribution >= 0.6 is 0 Å². The van der Waals surface area contributed by atoms with E-state index in [9.17, 15) is 9.59 Å². The number of carbonyl (C=O) groups is 2. The molecule has 1 aliphatic rings. The zero-order chi connectivity index (χ0) is 13.8. The minimum Gasteiger partial charge on any atom is -0.481 e. The number of hydrogen-bond acceptors (Lipinski definition) is 2. The Morgan fingerprint density at radius 3 is 2.89 bits per heavy atom. The van der Waals surface area contributed by atoms with Crippen LogP contribution in [0.5, 0.6) is 0 Å². The Bertz CT molecular complexity index is 496. The molecule has 19 heavy (non-hydrogen) atoms. The molecule has 1 N–H and O–H groups in total. The summed E-state index contributed by atoms with van der Waals surface area (Å²) in [5.41, 5.74) is 3.07. The number of aliphatic carboxylic acids is 1. The molecule has 0 radical (unpaired) electrons. The zero-order valence-electron chi connectivity index (χ0n) is 11.2. The molecule has 0 saturated heterocycles. The molecule has 0 fully saturated rings. The van der Waals surface area contributed by atoms with Crippen molar-refractivity contribution in [3.8, 4) is 0 Å². The van der Waals surface area contributed by atoms with Gasteiger partial charge in [-0.05, 0) is 36.5 Å². The van der Waals surface area contributed by atoms with Crippen LogP contribution in [0.2, 0.25) is 0 Å². The summed E-state index contributed by atoms with van der Waals surface area (Å²) in [5, 5.41) is 8.63. The SMILES string of the molecule is CCc1ccc2c(c1)C(=O)N(CCCC(=O)O)CC2. The summed E-state index contributed by atoms with van der Waals surface area (Å²) in [6.07, 6.45) is 2.41. The molecule has 102 valence electrons. The van der Waals surface area contributed by atoms with Crippen molar-refractivity contribution in [2.45, 2.75) is 32.6 Å². The van der Waals surface area contributed by atoms with E-state index in [1.807, 2.05) is 12.1 Å². The molecular formula is C15H19NO3. The zero-order valence-corrected chi connectivity index (χ0v) is 11.2. The number of carboxylic acid groups (broad SMARTS) is 1. The molecule has 0 unspecified atom stereocenters. The average molecular weight is 261 g/mol. The van der Waals surface area contributed by atoms with Gasteiger partial charge in [0.25, 0.3) is 5.91 Å². The van der Waals surface area contributed by atoms with Crippen molar-refractivity contribution in [2.24, 2.45) is 0 Å². The fourth-order valence-corrected chi connectivity index (χ4v) is 2.42. The first kappa shape index (κ1) is 13.6. The van der Waals surface area contributed by atoms with Crippen LogP contribution in [0.3, 0.4) is 0 Å². The molecule has 4 heteroatoms. The molecular weight excluding hydrogens is 242 g/mol. The molecule has 1 aromatic carbocycles. The molecule has 0 aliphatic carbocycles. The number of hydrogen-bond donors (Lipinski definition) is 1. The molecule has 0 aromatic heterocycles. The molecule has 1 aromatic rings. The number of carbonyl (C=O) groups excluding carboxylic acids is 1. The Kier molecular flexibility index (Phi) is 4.20. The third-order valence-corrected chi connectivity index (χ3v) is 3.57. The van der Waals surface area contributed by atoms with Crippen molar-refractivity contribution in [1.29, 1.82) is 0 Å². The average Bonchev–Trinajstić information content (AvgIpc) is 2.41. The molecule has 0 bridgehead atoms. The van der Waals surface area contributed by atoms with Crippen molar-refractivity contribution in [1.82, 2.24) is 4.90 Å². The van der Waals surface area contributed by atoms with Crippen LogP contribution in [0.1, 0.15) is 41.3 Å². The van der Waals surface area contributed by atoms with Crippen LogP contribution in [0.15, 0.2) is 18.2 Å². The van der Waals surface area contributed by atoms with Gasteiger partial charge in [0.1, 0.15) is 0 Å². The lowest BCUT2D eigenvalue weighted by Gasteiger charge is -2.28. The molecule has 1 heterocycles. The lowest BCUT2D eigenvalue weighted by atomic mass is 9.96. The molecule has 2 rings (SSSR count). The first-order valence-electron chi connectivity index (χ1n) is 6.74. The molecule has 4 nitrogen and oxygen atoms in total. The number of aryl methyl sites for hydroxylation is 1. The van der Waals surface area contributed by atoms with E-state index in [4.69, 9.17) is 5.11 Å². The van der Waals surface area contributed by atoms with E-state index >= 15 is 0 Å². The summed E-state index contributed by atoms with van der Waals surface area (Å²) in [4.78, 5) is 24.6. The van der Waals surface area contributed by atoms with E-state index < -0.39 is 5.97 Å². The Morgan fingerprint density at radius 1 is 1.42 bits per heavy atom. The minimum atomic E-state index is -0.807. The Balaban J connectivity index is 2.07. The van der Waals surface area contributed by atoms with Gasteiger partial charge in [0.05, 0.1) is 0 Å². The van der Waals surface area contributed by atoms with Gasteiger partial charge in [0.2, 0.25) is 0 Å². The van der Waals surface area contributed by atoms with E-state index in [2.05, 4.69) is 13.0 Å². The van der Waals surface area contributed by atoms with Crippen LogP contribution in [0, 0.1) is 0 Å². The van der Waals surface area contributed by atoms with Crippen molar-refractivity contribution >= 4 is 11.9 Å². The number of rotatable bonds is 5. The largest absolute Gasteiger partial charge is 0.481 e. The lowest BCUT2D eigenvalue weighted by Crippen LogP contribution is -2.38.